The van der Waals surface area contributed by atoms with Gasteiger partial charge in [0.1, 0.15) is 0 Å². The van der Waals surface area contributed by atoms with Crippen molar-refractivity contribution >= 4 is 21.6 Å². The zero-order valence-electron chi connectivity index (χ0n) is 10.7. The first-order valence-electron chi connectivity index (χ1n) is 6.25. The molecular weight excluding hydrogens is 316 g/mol. The fraction of sp³-hybridized carbons (Fsp3) is 0.0667. The van der Waals surface area contributed by atoms with Crippen molar-refractivity contribution in [3.63, 3.8) is 0 Å². The third kappa shape index (κ3) is 3.05. The third-order valence-corrected chi connectivity index (χ3v) is 3.31. The van der Waals surface area contributed by atoms with Crippen LogP contribution in [0.25, 0.3) is 5.69 Å². The summed E-state index contributed by atoms with van der Waals surface area (Å²) in [4.78, 5) is 4.15. The van der Waals surface area contributed by atoms with Gasteiger partial charge in [0.25, 0.3) is 0 Å². The second-order valence-corrected chi connectivity index (χ2v) is 5.28. The van der Waals surface area contributed by atoms with Crippen LogP contribution in [-0.2, 0) is 6.54 Å². The highest BCUT2D eigenvalue weighted by Crippen LogP contribution is 2.16. The number of hydrogen-bond acceptors (Lipinski definition) is 3. The number of aromatic nitrogens is 3. The highest BCUT2D eigenvalue weighted by Gasteiger charge is 1.99. The summed E-state index contributed by atoms with van der Waals surface area (Å²) in [6.45, 7) is 0.731. The Bertz CT molecular complexity index is 695. The number of anilines is 1. The Morgan fingerprint density at radius 2 is 2.10 bits per heavy atom. The van der Waals surface area contributed by atoms with E-state index in [1.165, 1.54) is 0 Å². The SMILES string of the molecule is Brc1cncc(CNc2cccc(-n3cccn3)c2)c1. The van der Waals surface area contributed by atoms with E-state index in [2.05, 4.69) is 43.5 Å². The first-order valence-corrected chi connectivity index (χ1v) is 7.04. The van der Waals surface area contributed by atoms with Crippen LogP contribution in [0.1, 0.15) is 5.56 Å². The van der Waals surface area contributed by atoms with Crippen LogP contribution in [0.4, 0.5) is 5.69 Å². The molecule has 0 fully saturated rings. The number of halogens is 1. The summed E-state index contributed by atoms with van der Waals surface area (Å²) in [5.41, 5.74) is 3.22. The van der Waals surface area contributed by atoms with Crippen LogP contribution in [0, 0.1) is 0 Å². The topological polar surface area (TPSA) is 42.7 Å². The summed E-state index contributed by atoms with van der Waals surface area (Å²) in [5.74, 6) is 0. The molecule has 0 radical (unpaired) electrons. The van der Waals surface area contributed by atoms with Crippen molar-refractivity contribution in [3.05, 3.63) is 71.2 Å². The maximum absolute atomic E-state index is 4.23. The Morgan fingerprint density at radius 3 is 2.90 bits per heavy atom. The lowest BCUT2D eigenvalue weighted by Crippen LogP contribution is -2.01. The molecule has 3 rings (SSSR count). The van der Waals surface area contributed by atoms with Gasteiger partial charge in [0, 0.05) is 41.5 Å². The molecule has 0 spiro atoms. The smallest absolute Gasteiger partial charge is 0.0666 e. The number of nitrogens with one attached hydrogen (secondary N) is 1. The van der Waals surface area contributed by atoms with Gasteiger partial charge in [-0.15, -0.1) is 0 Å². The van der Waals surface area contributed by atoms with Crippen molar-refractivity contribution in [2.75, 3.05) is 5.32 Å². The second kappa shape index (κ2) is 5.88. The molecule has 0 atom stereocenters. The number of nitrogens with zero attached hydrogens (tertiary/aromatic N) is 3. The summed E-state index contributed by atoms with van der Waals surface area (Å²) in [5, 5.41) is 7.62. The van der Waals surface area contributed by atoms with Gasteiger partial charge in [0.05, 0.1) is 5.69 Å². The van der Waals surface area contributed by atoms with E-state index < -0.39 is 0 Å². The van der Waals surface area contributed by atoms with Crippen LogP contribution >= 0.6 is 15.9 Å². The van der Waals surface area contributed by atoms with Gasteiger partial charge in [-0.25, -0.2) is 4.68 Å². The Hall–Kier alpha value is -2.14. The molecule has 5 heteroatoms. The quantitative estimate of drug-likeness (QED) is 0.795. The molecule has 0 amide bonds. The van der Waals surface area contributed by atoms with E-state index in [1.807, 2.05) is 41.3 Å². The molecule has 3 aromatic rings. The number of hydrogen-bond donors (Lipinski definition) is 1. The molecule has 0 unspecified atom stereocenters. The van der Waals surface area contributed by atoms with Gasteiger partial charge in [-0.05, 0) is 51.8 Å². The van der Waals surface area contributed by atoms with E-state index in [4.69, 9.17) is 0 Å². The van der Waals surface area contributed by atoms with Gasteiger partial charge < -0.3 is 5.32 Å². The lowest BCUT2D eigenvalue weighted by molar-refractivity contribution is 0.880. The average Bonchev–Trinajstić information content (AvgIpc) is 3.00. The van der Waals surface area contributed by atoms with Crippen molar-refractivity contribution in [1.82, 2.24) is 14.8 Å². The summed E-state index contributed by atoms with van der Waals surface area (Å²) in [7, 11) is 0. The van der Waals surface area contributed by atoms with Gasteiger partial charge in [-0.2, -0.15) is 5.10 Å². The number of pyridine rings is 1. The molecule has 2 heterocycles. The maximum Gasteiger partial charge on any atom is 0.0666 e. The summed E-state index contributed by atoms with van der Waals surface area (Å²) in [6.07, 6.45) is 7.33. The zero-order chi connectivity index (χ0) is 13.8. The van der Waals surface area contributed by atoms with E-state index in [-0.39, 0.29) is 0 Å². The van der Waals surface area contributed by atoms with Gasteiger partial charge in [-0.3, -0.25) is 4.98 Å². The predicted octanol–water partition coefficient (Wildman–Crippen LogP) is 3.64. The largest absolute Gasteiger partial charge is 0.381 e. The molecule has 0 saturated heterocycles. The van der Waals surface area contributed by atoms with E-state index >= 15 is 0 Å². The van der Waals surface area contributed by atoms with Gasteiger partial charge in [0.2, 0.25) is 0 Å². The summed E-state index contributed by atoms with van der Waals surface area (Å²) in [6, 6.07) is 12.1. The second-order valence-electron chi connectivity index (χ2n) is 4.37. The number of rotatable bonds is 4. The molecule has 20 heavy (non-hydrogen) atoms. The van der Waals surface area contributed by atoms with Crippen LogP contribution in [-0.4, -0.2) is 14.8 Å². The molecule has 0 aliphatic heterocycles. The Labute approximate surface area is 125 Å². The molecule has 4 nitrogen and oxygen atoms in total. The molecule has 1 N–H and O–H groups in total. The lowest BCUT2D eigenvalue weighted by Gasteiger charge is -2.08. The Balaban J connectivity index is 1.73. The number of benzene rings is 1. The van der Waals surface area contributed by atoms with Gasteiger partial charge >= 0.3 is 0 Å². The highest BCUT2D eigenvalue weighted by atomic mass is 79.9. The standard InChI is InChI=1S/C15H13BrN4/c16-13-7-12(9-17-11-13)10-18-14-3-1-4-15(8-14)20-6-2-5-19-20/h1-9,11,18H,10H2. The predicted molar refractivity (Wildman–Crippen MR) is 82.8 cm³/mol. The molecule has 0 bridgehead atoms. The van der Waals surface area contributed by atoms with E-state index in [0.29, 0.717) is 0 Å². The van der Waals surface area contributed by atoms with Crippen LogP contribution in [0.2, 0.25) is 0 Å². The molecular formula is C15H13BrN4. The normalized spacial score (nSPS) is 10.4. The van der Waals surface area contributed by atoms with Crippen molar-refractivity contribution in [2.24, 2.45) is 0 Å². The molecule has 0 aliphatic carbocycles. The lowest BCUT2D eigenvalue weighted by atomic mass is 10.2. The van der Waals surface area contributed by atoms with Crippen LogP contribution in [0.5, 0.6) is 0 Å². The average molecular weight is 329 g/mol. The van der Waals surface area contributed by atoms with Crippen LogP contribution in [0.3, 0.4) is 0 Å². The first-order chi connectivity index (χ1) is 9.81. The molecule has 0 saturated carbocycles. The minimum absolute atomic E-state index is 0.731. The van der Waals surface area contributed by atoms with Crippen molar-refractivity contribution in [2.45, 2.75) is 6.54 Å². The van der Waals surface area contributed by atoms with Gasteiger partial charge in [-0.1, -0.05) is 6.07 Å². The van der Waals surface area contributed by atoms with E-state index in [9.17, 15) is 0 Å². The molecule has 2 aromatic heterocycles. The molecule has 1 aromatic carbocycles. The summed E-state index contributed by atoms with van der Waals surface area (Å²) >= 11 is 3.42. The van der Waals surface area contributed by atoms with Gasteiger partial charge in [0.15, 0.2) is 0 Å². The molecule has 100 valence electrons. The fourth-order valence-corrected chi connectivity index (χ4v) is 2.35. The minimum atomic E-state index is 0.731. The maximum atomic E-state index is 4.23. The van der Waals surface area contributed by atoms with Crippen molar-refractivity contribution in [3.8, 4) is 5.69 Å². The highest BCUT2D eigenvalue weighted by molar-refractivity contribution is 9.10. The van der Waals surface area contributed by atoms with Crippen LogP contribution < -0.4 is 5.32 Å². The van der Waals surface area contributed by atoms with E-state index in [0.717, 1.165) is 28.0 Å². The fourth-order valence-electron chi connectivity index (χ4n) is 1.94. The van der Waals surface area contributed by atoms with E-state index in [1.54, 1.807) is 12.4 Å². The first kappa shape index (κ1) is 12.9. The monoisotopic (exact) mass is 328 g/mol. The summed E-state index contributed by atoms with van der Waals surface area (Å²) < 4.78 is 2.83. The minimum Gasteiger partial charge on any atom is -0.381 e. The van der Waals surface area contributed by atoms with Crippen molar-refractivity contribution < 1.29 is 0 Å². The third-order valence-electron chi connectivity index (χ3n) is 2.87. The Kier molecular flexibility index (Phi) is 3.78. The van der Waals surface area contributed by atoms with Crippen molar-refractivity contribution in [1.29, 1.82) is 0 Å². The Morgan fingerprint density at radius 1 is 1.15 bits per heavy atom. The molecule has 0 aliphatic rings. The van der Waals surface area contributed by atoms with Crippen LogP contribution in [0.15, 0.2) is 65.7 Å². The zero-order valence-corrected chi connectivity index (χ0v) is 12.3.